The van der Waals surface area contributed by atoms with Gasteiger partial charge in [-0.15, -0.1) is 0 Å². The SMILES string of the molecule is CN(Cc1ccccc1C(F)(F)F)C(=O)C1CCNC1. The van der Waals surface area contributed by atoms with Gasteiger partial charge in [-0.2, -0.15) is 13.2 Å². The molecular formula is C14H17F3N2O. The Morgan fingerprint density at radius 2 is 2.10 bits per heavy atom. The Hall–Kier alpha value is -1.56. The summed E-state index contributed by atoms with van der Waals surface area (Å²) in [4.78, 5) is 13.5. The quantitative estimate of drug-likeness (QED) is 0.924. The van der Waals surface area contributed by atoms with E-state index >= 15 is 0 Å². The minimum absolute atomic E-state index is 0.0228. The van der Waals surface area contributed by atoms with E-state index in [9.17, 15) is 18.0 Å². The molecular weight excluding hydrogens is 269 g/mol. The van der Waals surface area contributed by atoms with Crippen molar-refractivity contribution in [3.05, 3.63) is 35.4 Å². The summed E-state index contributed by atoms with van der Waals surface area (Å²) in [5.41, 5.74) is -0.550. The van der Waals surface area contributed by atoms with Gasteiger partial charge < -0.3 is 10.2 Å². The molecule has 1 aromatic rings. The minimum atomic E-state index is -4.39. The van der Waals surface area contributed by atoms with Crippen LogP contribution in [0.1, 0.15) is 17.5 Å². The lowest BCUT2D eigenvalue weighted by atomic mass is 10.0. The number of rotatable bonds is 3. The monoisotopic (exact) mass is 286 g/mol. The number of halogens is 3. The van der Waals surface area contributed by atoms with Crippen molar-refractivity contribution < 1.29 is 18.0 Å². The smallest absolute Gasteiger partial charge is 0.341 e. The molecule has 1 saturated heterocycles. The van der Waals surface area contributed by atoms with Crippen LogP contribution in [0.3, 0.4) is 0 Å². The van der Waals surface area contributed by atoms with Crippen molar-refractivity contribution in [2.45, 2.75) is 19.1 Å². The zero-order valence-corrected chi connectivity index (χ0v) is 11.2. The molecule has 1 aromatic carbocycles. The van der Waals surface area contributed by atoms with Gasteiger partial charge in [0.25, 0.3) is 0 Å². The third-order valence-electron chi connectivity index (χ3n) is 3.52. The average molecular weight is 286 g/mol. The van der Waals surface area contributed by atoms with Gasteiger partial charge in [0.05, 0.1) is 11.5 Å². The normalized spacial score (nSPS) is 19.1. The van der Waals surface area contributed by atoms with E-state index < -0.39 is 11.7 Å². The van der Waals surface area contributed by atoms with E-state index in [0.717, 1.165) is 19.0 Å². The van der Waals surface area contributed by atoms with Gasteiger partial charge >= 0.3 is 6.18 Å². The third-order valence-corrected chi connectivity index (χ3v) is 3.52. The van der Waals surface area contributed by atoms with Crippen LogP contribution in [0.5, 0.6) is 0 Å². The van der Waals surface area contributed by atoms with Gasteiger partial charge in [-0.3, -0.25) is 4.79 Å². The minimum Gasteiger partial charge on any atom is -0.341 e. The number of carbonyl (C=O) groups excluding carboxylic acids is 1. The van der Waals surface area contributed by atoms with Crippen molar-refractivity contribution in [1.82, 2.24) is 10.2 Å². The molecule has 0 spiro atoms. The van der Waals surface area contributed by atoms with Crippen molar-refractivity contribution in [2.24, 2.45) is 5.92 Å². The first kappa shape index (κ1) is 14.8. The number of benzene rings is 1. The number of nitrogens with zero attached hydrogens (tertiary/aromatic N) is 1. The maximum absolute atomic E-state index is 12.9. The molecule has 0 bridgehead atoms. The Morgan fingerprint density at radius 1 is 1.40 bits per heavy atom. The van der Waals surface area contributed by atoms with E-state index in [1.54, 1.807) is 13.1 Å². The average Bonchev–Trinajstić information content (AvgIpc) is 2.91. The summed E-state index contributed by atoms with van der Waals surface area (Å²) in [7, 11) is 1.55. The molecule has 1 N–H and O–H groups in total. The second-order valence-corrected chi connectivity index (χ2v) is 5.04. The van der Waals surface area contributed by atoms with Gasteiger partial charge in [-0.1, -0.05) is 18.2 Å². The van der Waals surface area contributed by atoms with Crippen molar-refractivity contribution in [3.63, 3.8) is 0 Å². The number of carbonyl (C=O) groups is 1. The Balaban J connectivity index is 2.11. The highest BCUT2D eigenvalue weighted by Gasteiger charge is 2.34. The fraction of sp³-hybridized carbons (Fsp3) is 0.500. The standard InChI is InChI=1S/C14H17F3N2O/c1-19(13(20)10-6-7-18-8-10)9-11-4-2-3-5-12(11)14(15,16)17/h2-5,10,18H,6-9H2,1H3. The Kier molecular flexibility index (Phi) is 4.32. The first-order chi connectivity index (χ1) is 9.39. The molecule has 1 heterocycles. The van der Waals surface area contributed by atoms with Crippen LogP contribution in [-0.4, -0.2) is 30.9 Å². The van der Waals surface area contributed by atoms with Gasteiger partial charge in [0.15, 0.2) is 0 Å². The zero-order chi connectivity index (χ0) is 14.8. The van der Waals surface area contributed by atoms with Gasteiger partial charge in [-0.05, 0) is 24.6 Å². The summed E-state index contributed by atoms with van der Waals surface area (Å²) in [6.07, 6.45) is -3.65. The Bertz CT molecular complexity index is 482. The topological polar surface area (TPSA) is 32.3 Å². The summed E-state index contributed by atoms with van der Waals surface area (Å²) in [6, 6.07) is 5.37. The first-order valence-electron chi connectivity index (χ1n) is 6.50. The third kappa shape index (κ3) is 3.30. The second-order valence-electron chi connectivity index (χ2n) is 5.04. The van der Waals surface area contributed by atoms with E-state index in [4.69, 9.17) is 0 Å². The zero-order valence-electron chi connectivity index (χ0n) is 11.2. The summed E-state index contributed by atoms with van der Waals surface area (Å²) in [5.74, 6) is -0.231. The number of nitrogens with one attached hydrogen (secondary N) is 1. The Labute approximate surface area is 115 Å². The van der Waals surface area contributed by atoms with Crippen molar-refractivity contribution >= 4 is 5.91 Å². The van der Waals surface area contributed by atoms with Gasteiger partial charge in [-0.25, -0.2) is 0 Å². The van der Waals surface area contributed by atoms with Crippen LogP contribution >= 0.6 is 0 Å². The molecule has 20 heavy (non-hydrogen) atoms. The number of amides is 1. The molecule has 0 aromatic heterocycles. The molecule has 1 unspecified atom stereocenters. The lowest BCUT2D eigenvalue weighted by molar-refractivity contribution is -0.140. The molecule has 1 fully saturated rings. The van der Waals surface area contributed by atoms with E-state index in [2.05, 4.69) is 5.32 Å². The summed E-state index contributed by atoms with van der Waals surface area (Å²) < 4.78 is 38.7. The predicted molar refractivity (Wildman–Crippen MR) is 68.9 cm³/mol. The number of hydrogen-bond donors (Lipinski definition) is 1. The van der Waals surface area contributed by atoms with Crippen LogP contribution in [0, 0.1) is 5.92 Å². The highest BCUT2D eigenvalue weighted by molar-refractivity contribution is 5.79. The van der Waals surface area contributed by atoms with Crippen LogP contribution in [0.15, 0.2) is 24.3 Å². The van der Waals surface area contributed by atoms with Crippen LogP contribution in [0.4, 0.5) is 13.2 Å². The van der Waals surface area contributed by atoms with Crippen LogP contribution in [0.25, 0.3) is 0 Å². The lowest BCUT2D eigenvalue weighted by Gasteiger charge is -2.22. The summed E-state index contributed by atoms with van der Waals surface area (Å²) in [5, 5.41) is 3.08. The summed E-state index contributed by atoms with van der Waals surface area (Å²) >= 11 is 0. The molecule has 6 heteroatoms. The number of hydrogen-bond acceptors (Lipinski definition) is 2. The van der Waals surface area contributed by atoms with E-state index in [1.165, 1.54) is 17.0 Å². The van der Waals surface area contributed by atoms with Crippen molar-refractivity contribution in [1.29, 1.82) is 0 Å². The molecule has 0 saturated carbocycles. The molecule has 1 atom stereocenters. The van der Waals surface area contributed by atoms with Crippen molar-refractivity contribution in [3.8, 4) is 0 Å². The largest absolute Gasteiger partial charge is 0.416 e. The first-order valence-corrected chi connectivity index (χ1v) is 6.50. The van der Waals surface area contributed by atoms with E-state index in [-0.39, 0.29) is 23.9 Å². The fourth-order valence-electron chi connectivity index (χ4n) is 2.45. The maximum atomic E-state index is 12.9. The Morgan fingerprint density at radius 3 is 2.70 bits per heavy atom. The van der Waals surface area contributed by atoms with E-state index in [0.29, 0.717) is 6.54 Å². The molecule has 1 amide bonds. The maximum Gasteiger partial charge on any atom is 0.416 e. The van der Waals surface area contributed by atoms with Crippen LogP contribution in [-0.2, 0) is 17.5 Å². The molecule has 1 aliphatic heterocycles. The molecule has 110 valence electrons. The molecule has 0 aliphatic carbocycles. The summed E-state index contributed by atoms with van der Waals surface area (Å²) in [6.45, 7) is 1.36. The van der Waals surface area contributed by atoms with Gasteiger partial charge in [0.2, 0.25) is 5.91 Å². The fourth-order valence-corrected chi connectivity index (χ4v) is 2.45. The molecule has 3 nitrogen and oxygen atoms in total. The molecule has 2 rings (SSSR count). The highest BCUT2D eigenvalue weighted by atomic mass is 19.4. The predicted octanol–water partition coefficient (Wildman–Crippen LogP) is 2.27. The van der Waals surface area contributed by atoms with Gasteiger partial charge in [0, 0.05) is 20.1 Å². The van der Waals surface area contributed by atoms with Crippen molar-refractivity contribution in [2.75, 3.05) is 20.1 Å². The second kappa shape index (κ2) is 5.83. The van der Waals surface area contributed by atoms with E-state index in [1.807, 2.05) is 0 Å². The van der Waals surface area contributed by atoms with Crippen LogP contribution in [0.2, 0.25) is 0 Å². The number of alkyl halides is 3. The molecule has 1 aliphatic rings. The lowest BCUT2D eigenvalue weighted by Crippen LogP contribution is -2.34. The van der Waals surface area contributed by atoms with Gasteiger partial charge in [0.1, 0.15) is 0 Å². The molecule has 0 radical (unpaired) electrons. The van der Waals surface area contributed by atoms with Crippen LogP contribution < -0.4 is 5.32 Å². The highest BCUT2D eigenvalue weighted by Crippen LogP contribution is 2.32.